The molecule has 0 atom stereocenters. The smallest absolute Gasteiger partial charge is 0.435 e. The summed E-state index contributed by atoms with van der Waals surface area (Å²) in [4.78, 5) is 3.99. The summed E-state index contributed by atoms with van der Waals surface area (Å²) in [5, 5.41) is 16.6. The number of fused-ring (bicyclic) bond motifs is 1. The number of alkyl halides is 3. The number of benzene rings is 1. The fraction of sp³-hybridized carbons (Fsp3) is 0.118. The van der Waals surface area contributed by atoms with Crippen LogP contribution in [-0.4, -0.2) is 25.4 Å². The second kappa shape index (κ2) is 7.29. The van der Waals surface area contributed by atoms with Gasteiger partial charge in [0.15, 0.2) is 17.2 Å². The summed E-state index contributed by atoms with van der Waals surface area (Å²) in [6.45, 7) is -0.0239. The molecule has 0 fully saturated rings. The third-order valence-corrected chi connectivity index (χ3v) is 5.37. The van der Waals surface area contributed by atoms with Crippen molar-refractivity contribution in [3.63, 3.8) is 0 Å². The van der Waals surface area contributed by atoms with E-state index < -0.39 is 11.9 Å². The molecule has 1 aromatic carbocycles. The van der Waals surface area contributed by atoms with Gasteiger partial charge < -0.3 is 9.94 Å². The molecule has 0 spiro atoms. The molecule has 0 unspecified atom stereocenters. The normalized spacial score (nSPS) is 14.0. The molecule has 0 saturated carbocycles. The van der Waals surface area contributed by atoms with Gasteiger partial charge in [0, 0.05) is 16.7 Å². The largest absolute Gasteiger partial charge is 0.615 e. The lowest BCUT2D eigenvalue weighted by atomic mass is 10.1. The number of hydrogen-bond donors (Lipinski definition) is 0. The highest BCUT2D eigenvalue weighted by Gasteiger charge is 2.39. The molecule has 29 heavy (non-hydrogen) atoms. The molecular weight excluding hydrogens is 544 g/mol. The highest BCUT2D eigenvalue weighted by molar-refractivity contribution is 9.11. The van der Waals surface area contributed by atoms with Crippen molar-refractivity contribution in [2.24, 2.45) is 0 Å². The van der Waals surface area contributed by atoms with Crippen molar-refractivity contribution in [1.82, 2.24) is 14.8 Å². The Hall–Kier alpha value is -2.11. The molecule has 3 heterocycles. The Morgan fingerprint density at radius 1 is 1.24 bits per heavy atom. The van der Waals surface area contributed by atoms with Gasteiger partial charge in [-0.25, -0.2) is 9.67 Å². The maximum atomic E-state index is 13.3. The van der Waals surface area contributed by atoms with E-state index in [4.69, 9.17) is 16.3 Å². The molecule has 12 heteroatoms. The number of aromatic nitrogens is 3. The zero-order valence-electron chi connectivity index (χ0n) is 14.0. The van der Waals surface area contributed by atoms with Gasteiger partial charge in [-0.2, -0.15) is 18.3 Å². The van der Waals surface area contributed by atoms with Crippen molar-refractivity contribution in [1.29, 1.82) is 0 Å². The van der Waals surface area contributed by atoms with Crippen LogP contribution in [0.3, 0.4) is 0 Å². The van der Waals surface area contributed by atoms with E-state index in [9.17, 15) is 18.4 Å². The summed E-state index contributed by atoms with van der Waals surface area (Å²) >= 11 is 12.7. The third kappa shape index (κ3) is 3.62. The molecular formula is C17H8Br2ClF3N4O2. The topological polar surface area (TPSA) is 66.0 Å². The van der Waals surface area contributed by atoms with Crippen LogP contribution in [0.25, 0.3) is 5.82 Å². The molecule has 3 aromatic rings. The molecule has 0 saturated heterocycles. The molecule has 0 N–H and O–H groups in total. The van der Waals surface area contributed by atoms with E-state index in [2.05, 4.69) is 41.9 Å². The number of hydrogen-bond acceptors (Lipinski definition) is 4. The van der Waals surface area contributed by atoms with E-state index in [0.29, 0.717) is 19.2 Å². The Kier molecular flexibility index (Phi) is 5.07. The first-order valence-electron chi connectivity index (χ1n) is 7.90. The van der Waals surface area contributed by atoms with Gasteiger partial charge in [0.1, 0.15) is 6.61 Å². The highest BCUT2D eigenvalue weighted by Crippen LogP contribution is 2.37. The van der Waals surface area contributed by atoms with Crippen LogP contribution in [0.1, 0.15) is 17.0 Å². The molecule has 0 aliphatic carbocycles. The summed E-state index contributed by atoms with van der Waals surface area (Å²) in [6.07, 6.45) is -3.39. The molecule has 0 amide bonds. The van der Waals surface area contributed by atoms with Gasteiger partial charge in [-0.3, -0.25) is 0 Å². The Balaban J connectivity index is 1.97. The van der Waals surface area contributed by atoms with Crippen molar-refractivity contribution < 1.29 is 22.6 Å². The minimum Gasteiger partial charge on any atom is -0.615 e. The van der Waals surface area contributed by atoms with Crippen LogP contribution in [0.15, 0.2) is 45.5 Å². The van der Waals surface area contributed by atoms with Crippen molar-refractivity contribution in [2.75, 3.05) is 0 Å². The van der Waals surface area contributed by atoms with Crippen molar-refractivity contribution >= 4 is 55.0 Å². The quantitative estimate of drug-likeness (QED) is 0.308. The van der Waals surface area contributed by atoms with Crippen molar-refractivity contribution in [3.05, 3.63) is 72.7 Å². The van der Waals surface area contributed by atoms with Gasteiger partial charge in [-0.1, -0.05) is 27.5 Å². The Labute approximate surface area is 183 Å². The lowest BCUT2D eigenvalue weighted by Gasteiger charge is -2.20. The minimum absolute atomic E-state index is 0.0239. The molecule has 0 bridgehead atoms. The standard InChI is InChI=1S/C17H8Br2ClF3N4O2/c18-9-4-8-7-29-16(27(28)14(8)10(19)5-9)12-6-13(17(21,22)23)25-26(12)15-11(20)2-1-3-24-15/h1-6H,7H2. The van der Waals surface area contributed by atoms with Crippen LogP contribution < -0.4 is 0 Å². The van der Waals surface area contributed by atoms with E-state index in [1.165, 1.54) is 18.3 Å². The molecule has 1 aliphatic rings. The zero-order valence-corrected chi connectivity index (χ0v) is 18.0. The Bertz CT molecular complexity index is 1160. The average Bonchev–Trinajstić information content (AvgIpc) is 3.07. The lowest BCUT2D eigenvalue weighted by molar-refractivity contribution is -0.380. The first-order valence-corrected chi connectivity index (χ1v) is 9.86. The van der Waals surface area contributed by atoms with E-state index in [1.54, 1.807) is 12.1 Å². The van der Waals surface area contributed by atoms with Gasteiger partial charge in [-0.05, 0) is 40.2 Å². The molecule has 4 rings (SSSR count). The third-order valence-electron chi connectivity index (χ3n) is 4.02. The van der Waals surface area contributed by atoms with Gasteiger partial charge in [0.25, 0.3) is 0 Å². The zero-order chi connectivity index (χ0) is 20.9. The molecule has 2 aromatic heterocycles. The van der Waals surface area contributed by atoms with E-state index in [0.717, 1.165) is 10.7 Å². The van der Waals surface area contributed by atoms with Crippen LogP contribution in [0, 0.1) is 5.21 Å². The number of ether oxygens (including phenoxy) is 1. The van der Waals surface area contributed by atoms with E-state index in [-0.39, 0.29) is 34.7 Å². The lowest BCUT2D eigenvalue weighted by Crippen LogP contribution is -2.25. The van der Waals surface area contributed by atoms with Crippen molar-refractivity contribution in [2.45, 2.75) is 12.8 Å². The number of halogens is 6. The van der Waals surface area contributed by atoms with Gasteiger partial charge in [0.05, 0.1) is 15.1 Å². The minimum atomic E-state index is -4.74. The van der Waals surface area contributed by atoms with Gasteiger partial charge in [-0.15, -0.1) is 4.74 Å². The van der Waals surface area contributed by atoms with Gasteiger partial charge >= 0.3 is 12.1 Å². The predicted octanol–water partition coefficient (Wildman–Crippen LogP) is 5.58. The van der Waals surface area contributed by atoms with Crippen LogP contribution in [-0.2, 0) is 17.5 Å². The summed E-state index contributed by atoms with van der Waals surface area (Å²) in [5.74, 6) is -0.421. The van der Waals surface area contributed by atoms with Crippen molar-refractivity contribution in [3.8, 4) is 5.82 Å². The maximum absolute atomic E-state index is 13.3. The summed E-state index contributed by atoms with van der Waals surface area (Å²) < 4.78 is 47.9. The number of pyridine rings is 1. The van der Waals surface area contributed by atoms with E-state index >= 15 is 0 Å². The summed E-state index contributed by atoms with van der Waals surface area (Å²) in [7, 11) is 0. The molecule has 1 aliphatic heterocycles. The SMILES string of the molecule is [O-][N+]1=C(c2cc(C(F)(F)F)nn2-c2ncccc2Cl)OCc2cc(Br)cc(Br)c21. The maximum Gasteiger partial charge on any atom is 0.435 e. The van der Waals surface area contributed by atoms with Gasteiger partial charge in [0.2, 0.25) is 5.69 Å². The molecule has 0 radical (unpaired) electrons. The Morgan fingerprint density at radius 3 is 2.69 bits per heavy atom. The number of rotatable bonds is 2. The second-order valence-corrected chi connectivity index (χ2v) is 8.09. The first-order chi connectivity index (χ1) is 13.7. The van der Waals surface area contributed by atoms with Crippen LogP contribution >= 0.6 is 43.5 Å². The van der Waals surface area contributed by atoms with Crippen LogP contribution in [0.5, 0.6) is 0 Å². The number of nitrogens with zero attached hydrogens (tertiary/aromatic N) is 4. The van der Waals surface area contributed by atoms with Crippen LogP contribution in [0.2, 0.25) is 5.02 Å². The van der Waals surface area contributed by atoms with E-state index in [1.807, 2.05) is 0 Å². The molecule has 6 nitrogen and oxygen atoms in total. The fourth-order valence-corrected chi connectivity index (χ4v) is 4.48. The summed E-state index contributed by atoms with van der Waals surface area (Å²) in [5.41, 5.74) is -0.654. The fourth-order valence-electron chi connectivity index (χ4n) is 2.81. The summed E-state index contributed by atoms with van der Waals surface area (Å²) in [6, 6.07) is 7.04. The Morgan fingerprint density at radius 2 is 2.00 bits per heavy atom. The average molecular weight is 553 g/mol. The monoisotopic (exact) mass is 550 g/mol. The predicted molar refractivity (Wildman–Crippen MR) is 105 cm³/mol. The first kappa shape index (κ1) is 20.2. The second-order valence-electron chi connectivity index (χ2n) is 5.92. The molecule has 150 valence electrons. The highest BCUT2D eigenvalue weighted by atomic mass is 79.9. The van der Waals surface area contributed by atoms with Crippen LogP contribution in [0.4, 0.5) is 18.9 Å².